The van der Waals surface area contributed by atoms with Crippen molar-refractivity contribution in [3.05, 3.63) is 87.9 Å². The van der Waals surface area contributed by atoms with Gasteiger partial charge in [0.25, 0.3) is 5.78 Å². The van der Waals surface area contributed by atoms with E-state index in [9.17, 15) is 14.7 Å². The summed E-state index contributed by atoms with van der Waals surface area (Å²) in [7, 11) is 1.53. The molecule has 2 aromatic carbocycles. The minimum Gasteiger partial charge on any atom is -0.505 e. The molecule has 10 heteroatoms. The normalized spacial score (nSPS) is 16.6. The zero-order valence-electron chi connectivity index (χ0n) is 24.2. The number of methoxy groups -OCH3 is 1. The fourth-order valence-electron chi connectivity index (χ4n) is 5.61. The second-order valence-electron chi connectivity index (χ2n) is 10.4. The van der Waals surface area contributed by atoms with E-state index in [-0.39, 0.29) is 17.0 Å². The highest BCUT2D eigenvalue weighted by molar-refractivity contribution is 7.22. The number of rotatable bonds is 6. The lowest BCUT2D eigenvalue weighted by molar-refractivity contribution is -0.132. The van der Waals surface area contributed by atoms with E-state index >= 15 is 0 Å². The third-order valence-corrected chi connectivity index (χ3v) is 8.58. The van der Waals surface area contributed by atoms with E-state index in [0.29, 0.717) is 40.1 Å². The highest BCUT2D eigenvalue weighted by Gasteiger charge is 2.49. The van der Waals surface area contributed by atoms with Crippen LogP contribution in [0.2, 0.25) is 0 Å². The van der Waals surface area contributed by atoms with Crippen molar-refractivity contribution < 1.29 is 24.2 Å². The van der Waals surface area contributed by atoms with Gasteiger partial charge in [-0.1, -0.05) is 29.5 Å². The van der Waals surface area contributed by atoms with Gasteiger partial charge in [0.15, 0.2) is 22.4 Å². The molecule has 1 saturated heterocycles. The maximum absolute atomic E-state index is 13.8. The Morgan fingerprint density at radius 3 is 2.52 bits per heavy atom. The molecule has 1 unspecified atom stereocenters. The maximum atomic E-state index is 13.8. The molecule has 0 bridgehead atoms. The summed E-state index contributed by atoms with van der Waals surface area (Å²) in [5.74, 6) is -0.970. The van der Waals surface area contributed by atoms with Gasteiger partial charge in [0.05, 0.1) is 41.2 Å². The lowest BCUT2D eigenvalue weighted by atomic mass is 9.96. The van der Waals surface area contributed by atoms with Gasteiger partial charge in [0, 0.05) is 6.20 Å². The predicted molar refractivity (Wildman–Crippen MR) is 163 cm³/mol. The zero-order valence-corrected chi connectivity index (χ0v) is 25.0. The van der Waals surface area contributed by atoms with Crippen molar-refractivity contribution in [2.24, 2.45) is 0 Å². The molecule has 4 heterocycles. The molecule has 1 aliphatic heterocycles. The number of imidazole rings is 1. The SMILES string of the molecule is CCOc1ccc(C2/C(=C(\O)c3nc4c(C)cccn4c3C)C(=O)C(=O)N2c2nc3c(C)cc(C)cc3s2)cc1OC. The van der Waals surface area contributed by atoms with Crippen LogP contribution in [0.25, 0.3) is 21.6 Å². The Bertz CT molecular complexity index is 1950. The number of fused-ring (bicyclic) bond motifs is 2. The first kappa shape index (κ1) is 27.5. The van der Waals surface area contributed by atoms with Crippen LogP contribution in [-0.2, 0) is 9.59 Å². The predicted octanol–water partition coefficient (Wildman–Crippen LogP) is 6.21. The number of hydrogen-bond donors (Lipinski definition) is 1. The van der Waals surface area contributed by atoms with Crippen LogP contribution in [0.5, 0.6) is 11.5 Å². The highest BCUT2D eigenvalue weighted by atomic mass is 32.1. The minimum absolute atomic E-state index is 0.0671. The summed E-state index contributed by atoms with van der Waals surface area (Å²) in [6.45, 7) is 10.0. The van der Waals surface area contributed by atoms with Crippen molar-refractivity contribution in [2.45, 2.75) is 40.7 Å². The van der Waals surface area contributed by atoms with E-state index in [1.54, 1.807) is 18.2 Å². The summed E-state index contributed by atoms with van der Waals surface area (Å²) in [6.07, 6.45) is 1.85. The number of anilines is 1. The van der Waals surface area contributed by atoms with Gasteiger partial charge in [-0.05, 0) is 81.1 Å². The van der Waals surface area contributed by atoms with E-state index in [1.807, 2.05) is 69.5 Å². The van der Waals surface area contributed by atoms with E-state index in [2.05, 4.69) is 4.98 Å². The summed E-state index contributed by atoms with van der Waals surface area (Å²) in [5.41, 5.74) is 5.74. The Hall–Kier alpha value is -4.70. The van der Waals surface area contributed by atoms with Crippen LogP contribution in [0, 0.1) is 27.7 Å². The Labute approximate surface area is 246 Å². The van der Waals surface area contributed by atoms with Crippen LogP contribution in [0.1, 0.15) is 46.6 Å². The molecule has 5 aromatic rings. The number of ketones is 1. The summed E-state index contributed by atoms with van der Waals surface area (Å²) < 4.78 is 14.1. The Balaban J connectivity index is 1.61. The van der Waals surface area contributed by atoms with Crippen molar-refractivity contribution in [1.82, 2.24) is 14.4 Å². The van der Waals surface area contributed by atoms with Crippen LogP contribution in [-0.4, -0.2) is 44.9 Å². The summed E-state index contributed by atoms with van der Waals surface area (Å²) in [5, 5.41) is 12.2. The van der Waals surface area contributed by atoms with Gasteiger partial charge in [-0.2, -0.15) is 0 Å². The molecule has 1 amide bonds. The molecule has 0 radical (unpaired) electrons. The fraction of sp³-hybridized carbons (Fsp3) is 0.250. The first-order valence-corrected chi connectivity index (χ1v) is 14.4. The van der Waals surface area contributed by atoms with E-state index in [1.165, 1.54) is 23.3 Å². The van der Waals surface area contributed by atoms with Crippen molar-refractivity contribution in [3.8, 4) is 11.5 Å². The second kappa shape index (κ2) is 10.3. The summed E-state index contributed by atoms with van der Waals surface area (Å²) in [6, 6.07) is 12.1. The standard InChI is InChI=1S/C32H30N4O5S/c1-7-41-21-11-10-20(15-22(21)40-6)27-24(28(37)26-19(5)35-12-8-9-17(3)30(35)33-26)29(38)31(39)36(27)32-34-25-18(4)13-16(2)14-23(25)42-32/h8-15,27,37H,7H2,1-6H3/b28-24+. The number of ether oxygens (including phenoxy) is 2. The number of carbonyl (C=O) groups is 2. The minimum atomic E-state index is -0.984. The lowest BCUT2D eigenvalue weighted by Gasteiger charge is -2.23. The van der Waals surface area contributed by atoms with Crippen LogP contribution in [0.3, 0.4) is 0 Å². The second-order valence-corrected chi connectivity index (χ2v) is 11.4. The van der Waals surface area contributed by atoms with Crippen molar-refractivity contribution in [3.63, 3.8) is 0 Å². The molecule has 0 saturated carbocycles. The van der Waals surface area contributed by atoms with E-state index in [0.717, 1.165) is 26.9 Å². The number of aryl methyl sites for hydroxylation is 4. The number of hydrogen-bond acceptors (Lipinski definition) is 8. The topological polar surface area (TPSA) is 106 Å². The zero-order chi connectivity index (χ0) is 29.9. The number of aliphatic hydroxyl groups excluding tert-OH is 1. The average Bonchev–Trinajstić information content (AvgIpc) is 3.61. The number of carbonyl (C=O) groups excluding carboxylic acids is 2. The molecule has 0 aliphatic carbocycles. The van der Waals surface area contributed by atoms with Gasteiger partial charge in [-0.15, -0.1) is 0 Å². The number of aliphatic hydroxyl groups is 1. The molecular weight excluding hydrogens is 552 g/mol. The number of aromatic nitrogens is 3. The molecule has 214 valence electrons. The molecule has 1 atom stereocenters. The molecule has 6 rings (SSSR count). The fourth-order valence-corrected chi connectivity index (χ4v) is 6.78. The van der Waals surface area contributed by atoms with Gasteiger partial charge in [0.1, 0.15) is 11.3 Å². The van der Waals surface area contributed by atoms with Crippen LogP contribution < -0.4 is 14.4 Å². The Morgan fingerprint density at radius 2 is 1.81 bits per heavy atom. The van der Waals surface area contributed by atoms with Gasteiger partial charge >= 0.3 is 5.91 Å². The third kappa shape index (κ3) is 4.21. The number of thiazole rings is 1. The van der Waals surface area contributed by atoms with Gasteiger partial charge in [-0.3, -0.25) is 14.5 Å². The molecule has 3 aromatic heterocycles. The van der Waals surface area contributed by atoms with E-state index in [4.69, 9.17) is 14.5 Å². The monoisotopic (exact) mass is 582 g/mol. The third-order valence-electron chi connectivity index (χ3n) is 7.58. The summed E-state index contributed by atoms with van der Waals surface area (Å²) >= 11 is 1.33. The summed E-state index contributed by atoms with van der Waals surface area (Å²) in [4.78, 5) is 38.5. The van der Waals surface area contributed by atoms with Gasteiger partial charge < -0.3 is 19.0 Å². The molecule has 0 spiro atoms. The number of nitrogens with zero attached hydrogens (tertiary/aromatic N) is 4. The maximum Gasteiger partial charge on any atom is 0.301 e. The average molecular weight is 583 g/mol. The number of benzene rings is 2. The van der Waals surface area contributed by atoms with Crippen LogP contribution >= 0.6 is 11.3 Å². The smallest absolute Gasteiger partial charge is 0.301 e. The molecule has 1 N–H and O–H groups in total. The van der Waals surface area contributed by atoms with Crippen molar-refractivity contribution in [2.75, 3.05) is 18.6 Å². The first-order valence-electron chi connectivity index (χ1n) is 13.6. The molecule has 42 heavy (non-hydrogen) atoms. The van der Waals surface area contributed by atoms with Crippen LogP contribution in [0.4, 0.5) is 5.13 Å². The first-order chi connectivity index (χ1) is 20.1. The molecule has 1 aliphatic rings. The largest absolute Gasteiger partial charge is 0.505 e. The van der Waals surface area contributed by atoms with Crippen molar-refractivity contribution in [1.29, 1.82) is 0 Å². The van der Waals surface area contributed by atoms with E-state index < -0.39 is 17.7 Å². The Kier molecular flexibility index (Phi) is 6.73. The highest BCUT2D eigenvalue weighted by Crippen LogP contribution is 2.46. The quantitative estimate of drug-likeness (QED) is 0.144. The molecule has 9 nitrogen and oxygen atoms in total. The number of pyridine rings is 1. The number of amides is 1. The Morgan fingerprint density at radius 1 is 1.02 bits per heavy atom. The lowest BCUT2D eigenvalue weighted by Crippen LogP contribution is -2.29. The van der Waals surface area contributed by atoms with Gasteiger partial charge in [0.2, 0.25) is 0 Å². The molecule has 1 fully saturated rings. The molecular formula is C32H30N4O5S. The van der Waals surface area contributed by atoms with Crippen molar-refractivity contribution >= 4 is 49.8 Å². The van der Waals surface area contributed by atoms with Crippen LogP contribution in [0.15, 0.2) is 54.2 Å². The number of Topliss-reactive ketones (excluding diaryl/α,β-unsaturated/α-hetero) is 1. The van der Waals surface area contributed by atoms with Gasteiger partial charge in [-0.25, -0.2) is 9.97 Å².